The molecule has 3 rings (SSSR count). The zero-order valence-corrected chi connectivity index (χ0v) is 15.9. The van der Waals surface area contributed by atoms with Gasteiger partial charge in [0.1, 0.15) is 22.6 Å². The van der Waals surface area contributed by atoms with Crippen LogP contribution in [0.1, 0.15) is 28.6 Å². The summed E-state index contributed by atoms with van der Waals surface area (Å²) in [7, 11) is 0. The number of nitrogens with two attached hydrogens (primary N) is 2. The Hall–Kier alpha value is -3.26. The number of carbonyl (C=O) groups excluding carboxylic acids is 2. The normalized spacial score (nSPS) is 11.8. The summed E-state index contributed by atoms with van der Waals surface area (Å²) in [6, 6.07) is 13.6. The van der Waals surface area contributed by atoms with E-state index in [9.17, 15) is 14.0 Å². The van der Waals surface area contributed by atoms with Gasteiger partial charge in [-0.15, -0.1) is 0 Å². The third-order valence-corrected chi connectivity index (χ3v) is 5.29. The van der Waals surface area contributed by atoms with Gasteiger partial charge in [-0.1, -0.05) is 48.6 Å². The number of aromatic nitrogens is 1. The average Bonchev–Trinajstić information content (AvgIpc) is 3.07. The van der Waals surface area contributed by atoms with Crippen molar-refractivity contribution in [3.8, 4) is 0 Å². The summed E-state index contributed by atoms with van der Waals surface area (Å²) >= 11 is 1.07. The molecular formula is C20H19FN4O2S. The molecule has 0 bridgehead atoms. The second-order valence-corrected chi connectivity index (χ2v) is 7.06. The van der Waals surface area contributed by atoms with Crippen LogP contribution in [0.5, 0.6) is 0 Å². The molecule has 0 radical (unpaired) electrons. The van der Waals surface area contributed by atoms with Crippen molar-refractivity contribution in [2.45, 2.75) is 19.4 Å². The Labute approximate surface area is 165 Å². The van der Waals surface area contributed by atoms with E-state index < -0.39 is 17.8 Å². The molecule has 6 nitrogen and oxygen atoms in total. The quantitative estimate of drug-likeness (QED) is 0.593. The zero-order valence-electron chi connectivity index (χ0n) is 15.1. The molecule has 3 aromatic rings. The number of anilines is 3. The summed E-state index contributed by atoms with van der Waals surface area (Å²) in [6.07, 6.45) is 0.397. The highest BCUT2D eigenvalue weighted by molar-refractivity contribution is 7.18. The van der Waals surface area contributed by atoms with E-state index in [0.717, 1.165) is 11.3 Å². The van der Waals surface area contributed by atoms with E-state index in [4.69, 9.17) is 11.5 Å². The fourth-order valence-corrected chi connectivity index (χ4v) is 3.86. The van der Waals surface area contributed by atoms with Gasteiger partial charge in [-0.25, -0.2) is 9.37 Å². The van der Waals surface area contributed by atoms with Gasteiger partial charge in [0.25, 0.3) is 0 Å². The Kier molecular flexibility index (Phi) is 5.70. The van der Waals surface area contributed by atoms with E-state index in [0.29, 0.717) is 22.8 Å². The minimum atomic E-state index is -0.726. The standard InChI is InChI=1S/C20H19FN4O2S/c1-2-15(19(23)27)25(14-10-8-13(21)9-11-14)20-24-18(22)17(28-20)16(26)12-6-4-3-5-7-12/h3-11,15H,2,22H2,1H3,(H2,23,27)/t15-/m1/s1. The number of rotatable bonds is 7. The molecule has 1 aromatic heterocycles. The number of nitrogen functional groups attached to an aromatic ring is 1. The number of nitrogens with zero attached hydrogens (tertiary/aromatic N) is 2. The number of primary amides is 1. The summed E-state index contributed by atoms with van der Waals surface area (Å²) in [4.78, 5) is 31.0. The molecule has 8 heteroatoms. The molecule has 0 spiro atoms. The molecule has 0 aliphatic heterocycles. The minimum Gasteiger partial charge on any atom is -0.382 e. The molecule has 1 heterocycles. The first-order valence-electron chi connectivity index (χ1n) is 8.62. The van der Waals surface area contributed by atoms with Crippen LogP contribution in [0.4, 0.5) is 21.0 Å². The number of ketones is 1. The Morgan fingerprint density at radius 2 is 1.79 bits per heavy atom. The van der Waals surface area contributed by atoms with Crippen LogP contribution >= 0.6 is 11.3 Å². The van der Waals surface area contributed by atoms with Gasteiger partial charge in [-0.3, -0.25) is 9.59 Å². The third-order valence-electron chi connectivity index (χ3n) is 4.22. The van der Waals surface area contributed by atoms with Crippen LogP contribution in [-0.2, 0) is 4.79 Å². The monoisotopic (exact) mass is 398 g/mol. The Morgan fingerprint density at radius 1 is 1.14 bits per heavy atom. The van der Waals surface area contributed by atoms with Crippen molar-refractivity contribution in [3.05, 3.63) is 70.9 Å². The lowest BCUT2D eigenvalue weighted by Gasteiger charge is -2.28. The van der Waals surface area contributed by atoms with E-state index in [2.05, 4.69) is 4.98 Å². The van der Waals surface area contributed by atoms with Gasteiger partial charge >= 0.3 is 0 Å². The van der Waals surface area contributed by atoms with Crippen LogP contribution in [-0.4, -0.2) is 22.7 Å². The molecule has 0 fully saturated rings. The van der Waals surface area contributed by atoms with Crippen LogP contribution in [0.2, 0.25) is 0 Å². The van der Waals surface area contributed by atoms with Crippen LogP contribution in [0, 0.1) is 5.82 Å². The van der Waals surface area contributed by atoms with E-state index in [1.54, 1.807) is 36.1 Å². The largest absolute Gasteiger partial charge is 0.382 e. The van der Waals surface area contributed by atoms with Crippen molar-refractivity contribution in [2.75, 3.05) is 10.6 Å². The maximum atomic E-state index is 13.4. The first kappa shape index (κ1) is 19.5. The summed E-state index contributed by atoms with van der Waals surface area (Å²) in [5, 5.41) is 0.342. The van der Waals surface area contributed by atoms with Crippen molar-refractivity contribution in [3.63, 3.8) is 0 Å². The number of hydrogen-bond acceptors (Lipinski definition) is 6. The van der Waals surface area contributed by atoms with Crippen LogP contribution in [0.15, 0.2) is 54.6 Å². The minimum absolute atomic E-state index is 0.0697. The van der Waals surface area contributed by atoms with Gasteiger partial charge in [0, 0.05) is 11.3 Å². The van der Waals surface area contributed by atoms with Crippen molar-refractivity contribution < 1.29 is 14.0 Å². The van der Waals surface area contributed by atoms with Gasteiger partial charge in [-0.05, 0) is 30.7 Å². The van der Waals surface area contributed by atoms with Gasteiger partial charge in [0.2, 0.25) is 11.7 Å². The first-order chi connectivity index (χ1) is 13.4. The molecule has 1 amide bonds. The summed E-state index contributed by atoms with van der Waals surface area (Å²) in [5.74, 6) is -1.15. The van der Waals surface area contributed by atoms with Crippen molar-refractivity contribution >= 4 is 39.7 Å². The molecule has 0 unspecified atom stereocenters. The van der Waals surface area contributed by atoms with Gasteiger partial charge in [0.15, 0.2) is 5.13 Å². The number of halogens is 1. The zero-order chi connectivity index (χ0) is 20.3. The van der Waals surface area contributed by atoms with Gasteiger partial charge < -0.3 is 16.4 Å². The molecule has 2 aromatic carbocycles. The van der Waals surface area contributed by atoms with Crippen LogP contribution in [0.3, 0.4) is 0 Å². The van der Waals surface area contributed by atoms with E-state index in [-0.39, 0.29) is 16.5 Å². The molecule has 0 saturated carbocycles. The molecule has 4 N–H and O–H groups in total. The second kappa shape index (κ2) is 8.18. The highest BCUT2D eigenvalue weighted by atomic mass is 32.1. The van der Waals surface area contributed by atoms with Gasteiger partial charge in [0.05, 0.1) is 0 Å². The predicted molar refractivity (Wildman–Crippen MR) is 108 cm³/mol. The molecule has 0 saturated heterocycles. The maximum absolute atomic E-state index is 13.4. The smallest absolute Gasteiger partial charge is 0.240 e. The van der Waals surface area contributed by atoms with Crippen molar-refractivity contribution in [1.82, 2.24) is 4.98 Å². The van der Waals surface area contributed by atoms with Gasteiger partial charge in [-0.2, -0.15) is 0 Å². The summed E-state index contributed by atoms with van der Waals surface area (Å²) < 4.78 is 13.4. The Morgan fingerprint density at radius 3 is 2.36 bits per heavy atom. The molecule has 28 heavy (non-hydrogen) atoms. The van der Waals surface area contributed by atoms with E-state index in [1.807, 2.05) is 6.07 Å². The maximum Gasteiger partial charge on any atom is 0.240 e. The first-order valence-corrected chi connectivity index (χ1v) is 9.44. The second-order valence-electron chi connectivity index (χ2n) is 6.08. The Balaban J connectivity index is 2.07. The SMILES string of the molecule is CC[C@H](C(N)=O)N(c1ccc(F)cc1)c1nc(N)c(C(=O)c2ccccc2)s1. The number of hydrogen-bond donors (Lipinski definition) is 2. The number of carbonyl (C=O) groups is 2. The fraction of sp³-hybridized carbons (Fsp3) is 0.150. The molecular weight excluding hydrogens is 379 g/mol. The highest BCUT2D eigenvalue weighted by Gasteiger charge is 2.29. The lowest BCUT2D eigenvalue weighted by molar-refractivity contribution is -0.119. The van der Waals surface area contributed by atoms with E-state index >= 15 is 0 Å². The molecule has 1 atom stereocenters. The lowest BCUT2D eigenvalue weighted by atomic mass is 10.1. The van der Waals surface area contributed by atoms with E-state index in [1.165, 1.54) is 24.3 Å². The third kappa shape index (κ3) is 3.86. The van der Waals surface area contributed by atoms with Crippen molar-refractivity contribution in [1.29, 1.82) is 0 Å². The number of amides is 1. The highest BCUT2D eigenvalue weighted by Crippen LogP contribution is 2.36. The molecule has 0 aliphatic rings. The molecule has 0 aliphatic carbocycles. The number of thiazole rings is 1. The Bertz CT molecular complexity index is 989. The molecule has 144 valence electrons. The summed E-state index contributed by atoms with van der Waals surface area (Å²) in [5.41, 5.74) is 12.6. The van der Waals surface area contributed by atoms with Crippen LogP contribution < -0.4 is 16.4 Å². The fourth-order valence-electron chi connectivity index (χ4n) is 2.84. The predicted octanol–water partition coefficient (Wildman–Crippen LogP) is 3.50. The lowest BCUT2D eigenvalue weighted by Crippen LogP contribution is -2.41. The average molecular weight is 398 g/mol. The summed E-state index contributed by atoms with van der Waals surface area (Å²) in [6.45, 7) is 1.80. The topological polar surface area (TPSA) is 102 Å². The van der Waals surface area contributed by atoms with Crippen molar-refractivity contribution in [2.24, 2.45) is 5.73 Å². The van der Waals surface area contributed by atoms with Crippen LogP contribution in [0.25, 0.3) is 0 Å². The number of benzene rings is 2.